The first-order valence-corrected chi connectivity index (χ1v) is 9.75. The Labute approximate surface area is 177 Å². The topological polar surface area (TPSA) is 96.3 Å². The van der Waals surface area contributed by atoms with Gasteiger partial charge >= 0.3 is 0 Å². The fourth-order valence-corrected chi connectivity index (χ4v) is 3.10. The molecule has 30 heavy (non-hydrogen) atoms. The third kappa shape index (κ3) is 4.38. The highest BCUT2D eigenvalue weighted by Crippen LogP contribution is 2.20. The highest BCUT2D eigenvalue weighted by atomic mass is 35.5. The Kier molecular flexibility index (Phi) is 5.58. The largest absolute Gasteiger partial charge is 0.497 e. The van der Waals surface area contributed by atoms with E-state index in [-0.39, 0.29) is 5.56 Å². The smallest absolute Gasteiger partial charge is 0.274 e. The van der Waals surface area contributed by atoms with Crippen molar-refractivity contribution in [2.24, 2.45) is 0 Å². The molecule has 4 aromatic rings. The fourth-order valence-electron chi connectivity index (χ4n) is 2.92. The van der Waals surface area contributed by atoms with Crippen LogP contribution in [0.15, 0.2) is 53.3 Å². The molecule has 2 aromatic carbocycles. The van der Waals surface area contributed by atoms with E-state index in [1.54, 1.807) is 7.11 Å². The van der Waals surface area contributed by atoms with Crippen molar-refractivity contribution in [1.29, 1.82) is 0 Å². The lowest BCUT2D eigenvalue weighted by molar-refractivity contribution is 0.414. The van der Waals surface area contributed by atoms with Gasteiger partial charge in [0.15, 0.2) is 0 Å². The number of benzene rings is 2. The van der Waals surface area contributed by atoms with Gasteiger partial charge in [-0.3, -0.25) is 9.89 Å². The number of aryl methyl sites for hydroxylation is 1. The van der Waals surface area contributed by atoms with Crippen molar-refractivity contribution < 1.29 is 4.74 Å². The molecule has 0 saturated carbocycles. The number of nitrogens with one attached hydrogen (secondary N) is 3. The molecule has 0 aliphatic rings. The molecule has 0 bridgehead atoms. The molecular weight excluding hydrogens is 404 g/mol. The molecule has 4 rings (SSSR count). The molecule has 2 aromatic heterocycles. The number of H-pyrrole nitrogens is 1. The van der Waals surface area contributed by atoms with E-state index in [2.05, 4.69) is 25.7 Å². The summed E-state index contributed by atoms with van der Waals surface area (Å²) in [7, 11) is 1.63. The first-order chi connectivity index (χ1) is 14.5. The van der Waals surface area contributed by atoms with Crippen molar-refractivity contribution >= 4 is 29.0 Å². The molecule has 0 amide bonds. The van der Waals surface area contributed by atoms with Crippen LogP contribution in [0.3, 0.4) is 0 Å². The molecule has 0 fully saturated rings. The molecule has 0 aliphatic carbocycles. The van der Waals surface area contributed by atoms with Crippen LogP contribution in [0.25, 0.3) is 5.78 Å². The van der Waals surface area contributed by atoms with Crippen molar-refractivity contribution in [2.45, 2.75) is 20.0 Å². The van der Waals surface area contributed by atoms with Crippen molar-refractivity contribution in [2.75, 3.05) is 17.7 Å². The molecular formula is C21H21ClN6O2. The lowest BCUT2D eigenvalue weighted by Crippen LogP contribution is -2.17. The fraction of sp³-hybridized carbons (Fsp3) is 0.190. The van der Waals surface area contributed by atoms with Gasteiger partial charge in [-0.25, -0.2) is 4.98 Å². The summed E-state index contributed by atoms with van der Waals surface area (Å²) in [5.41, 5.74) is 3.27. The molecule has 2 heterocycles. The molecule has 154 valence electrons. The van der Waals surface area contributed by atoms with Gasteiger partial charge in [-0.05, 0) is 42.3 Å². The van der Waals surface area contributed by atoms with Gasteiger partial charge < -0.3 is 15.4 Å². The Hall–Kier alpha value is -3.52. The number of rotatable bonds is 7. The predicted molar refractivity (Wildman–Crippen MR) is 117 cm³/mol. The molecule has 0 saturated heterocycles. The quantitative estimate of drug-likeness (QED) is 0.419. The third-order valence-corrected chi connectivity index (χ3v) is 5.06. The summed E-state index contributed by atoms with van der Waals surface area (Å²) in [5, 5.41) is 10.0. The number of aromatic nitrogens is 4. The summed E-state index contributed by atoms with van der Waals surface area (Å²) in [4.78, 5) is 21.3. The van der Waals surface area contributed by atoms with E-state index in [1.807, 2.05) is 49.4 Å². The molecule has 0 atom stereocenters. The van der Waals surface area contributed by atoms with E-state index in [0.717, 1.165) is 22.6 Å². The maximum Gasteiger partial charge on any atom is 0.274 e. The second kappa shape index (κ2) is 8.46. The molecule has 3 N–H and O–H groups in total. The number of nitrogens with zero attached hydrogens (tertiary/aromatic N) is 3. The Morgan fingerprint density at radius 1 is 1.07 bits per heavy atom. The monoisotopic (exact) mass is 424 g/mol. The van der Waals surface area contributed by atoms with Gasteiger partial charge in [0.05, 0.1) is 19.3 Å². The zero-order chi connectivity index (χ0) is 21.1. The SMILES string of the molecule is COc1ccc(CNc2nc3nc(CNc4ccc(C)c(Cl)c4)cc(=O)n3[nH]2)cc1. The average molecular weight is 425 g/mol. The molecule has 9 heteroatoms. The summed E-state index contributed by atoms with van der Waals surface area (Å²) in [6.45, 7) is 2.87. The number of hydrogen-bond donors (Lipinski definition) is 3. The minimum Gasteiger partial charge on any atom is -0.497 e. The number of fused-ring (bicyclic) bond motifs is 1. The molecule has 0 aliphatic heterocycles. The van der Waals surface area contributed by atoms with Crippen molar-refractivity contribution in [3.63, 3.8) is 0 Å². The summed E-state index contributed by atoms with van der Waals surface area (Å²) in [6.07, 6.45) is 0. The summed E-state index contributed by atoms with van der Waals surface area (Å²) < 4.78 is 6.47. The Morgan fingerprint density at radius 2 is 1.87 bits per heavy atom. The lowest BCUT2D eigenvalue weighted by Gasteiger charge is -2.07. The Balaban J connectivity index is 1.46. The maximum atomic E-state index is 12.4. The number of hydrogen-bond acceptors (Lipinski definition) is 6. The number of halogens is 1. The number of ether oxygens (including phenoxy) is 1. The van der Waals surface area contributed by atoms with E-state index in [4.69, 9.17) is 16.3 Å². The predicted octanol–water partition coefficient (Wildman–Crippen LogP) is 3.61. The minimum absolute atomic E-state index is 0.233. The summed E-state index contributed by atoms with van der Waals surface area (Å²) in [5.74, 6) is 1.57. The van der Waals surface area contributed by atoms with Crippen LogP contribution < -0.4 is 20.9 Å². The van der Waals surface area contributed by atoms with Gasteiger partial charge in [-0.2, -0.15) is 9.50 Å². The first kappa shape index (κ1) is 19.8. The maximum absolute atomic E-state index is 12.4. The van der Waals surface area contributed by atoms with Crippen LogP contribution in [-0.2, 0) is 13.1 Å². The van der Waals surface area contributed by atoms with Crippen molar-refractivity contribution in [1.82, 2.24) is 19.6 Å². The molecule has 8 nitrogen and oxygen atoms in total. The standard InChI is InChI=1S/C21H21ClN6O2/c1-13-3-6-15(9-18(13)22)23-12-16-10-19(29)28-21(25-16)26-20(27-28)24-11-14-4-7-17(30-2)8-5-14/h3-10,23H,11-12H2,1-2H3,(H2,24,25,26,27). The molecule has 0 spiro atoms. The summed E-state index contributed by atoms with van der Waals surface area (Å²) in [6, 6.07) is 14.9. The van der Waals surface area contributed by atoms with Gasteiger partial charge in [0.2, 0.25) is 5.95 Å². The van der Waals surface area contributed by atoms with Crippen LogP contribution in [-0.4, -0.2) is 26.7 Å². The van der Waals surface area contributed by atoms with Crippen molar-refractivity contribution in [3.05, 3.63) is 80.7 Å². The van der Waals surface area contributed by atoms with Crippen LogP contribution in [0, 0.1) is 6.92 Å². The zero-order valence-corrected chi connectivity index (χ0v) is 17.3. The third-order valence-electron chi connectivity index (χ3n) is 4.65. The first-order valence-electron chi connectivity index (χ1n) is 9.37. The van der Waals surface area contributed by atoms with E-state index in [9.17, 15) is 4.79 Å². The number of aromatic amines is 1. The van der Waals surface area contributed by atoms with E-state index in [0.29, 0.717) is 35.5 Å². The zero-order valence-electron chi connectivity index (χ0n) is 16.6. The molecule has 0 radical (unpaired) electrons. The van der Waals surface area contributed by atoms with Crippen molar-refractivity contribution in [3.8, 4) is 5.75 Å². The number of methoxy groups -OCH3 is 1. The van der Waals surface area contributed by atoms with Gasteiger partial charge in [0.25, 0.3) is 11.3 Å². The van der Waals surface area contributed by atoms with Gasteiger partial charge in [-0.15, -0.1) is 0 Å². The van der Waals surface area contributed by atoms with E-state index >= 15 is 0 Å². The van der Waals surface area contributed by atoms with Crippen LogP contribution in [0.2, 0.25) is 5.02 Å². The number of anilines is 2. The van der Waals surface area contributed by atoms with Crippen LogP contribution in [0.1, 0.15) is 16.8 Å². The highest BCUT2D eigenvalue weighted by Gasteiger charge is 2.08. The highest BCUT2D eigenvalue weighted by molar-refractivity contribution is 6.31. The average Bonchev–Trinajstić information content (AvgIpc) is 3.17. The Morgan fingerprint density at radius 3 is 2.60 bits per heavy atom. The van der Waals surface area contributed by atoms with Crippen LogP contribution in [0.4, 0.5) is 11.6 Å². The van der Waals surface area contributed by atoms with Gasteiger partial charge in [0, 0.05) is 23.3 Å². The normalized spacial score (nSPS) is 10.9. The van der Waals surface area contributed by atoms with Crippen LogP contribution >= 0.6 is 11.6 Å². The summed E-state index contributed by atoms with van der Waals surface area (Å²) >= 11 is 6.15. The van der Waals surface area contributed by atoms with E-state index < -0.39 is 0 Å². The minimum atomic E-state index is -0.233. The van der Waals surface area contributed by atoms with Gasteiger partial charge in [0.1, 0.15) is 5.75 Å². The van der Waals surface area contributed by atoms with Crippen LogP contribution in [0.5, 0.6) is 5.75 Å². The second-order valence-electron chi connectivity index (χ2n) is 6.81. The molecule has 0 unspecified atom stereocenters. The van der Waals surface area contributed by atoms with E-state index in [1.165, 1.54) is 10.6 Å². The lowest BCUT2D eigenvalue weighted by atomic mass is 10.2. The van der Waals surface area contributed by atoms with Gasteiger partial charge in [-0.1, -0.05) is 29.8 Å². The second-order valence-corrected chi connectivity index (χ2v) is 7.22. The Bertz CT molecular complexity index is 1230.